The predicted molar refractivity (Wildman–Crippen MR) is 97.2 cm³/mol. The number of ether oxygens (including phenoxy) is 1. The standard InChI is InChI=1S/C21H27NO3/c1-2-24-21(23)17-11-9-16(10-12-17)20-14-13-19(25-20)15-22-18-7-5-3-4-6-8-18/h9-14,18,22H,2-8,15H2,1H3/p+1. The topological polar surface area (TPSA) is 56.0 Å². The maximum Gasteiger partial charge on any atom is 0.338 e. The Morgan fingerprint density at radius 3 is 2.48 bits per heavy atom. The number of nitrogens with two attached hydrogens (primary N) is 1. The van der Waals surface area contributed by atoms with E-state index in [1.165, 1.54) is 38.5 Å². The third-order valence-electron chi connectivity index (χ3n) is 4.89. The summed E-state index contributed by atoms with van der Waals surface area (Å²) in [6.45, 7) is 3.09. The van der Waals surface area contributed by atoms with Crippen LogP contribution >= 0.6 is 0 Å². The summed E-state index contributed by atoms with van der Waals surface area (Å²) in [6, 6.07) is 12.2. The van der Waals surface area contributed by atoms with E-state index in [2.05, 4.69) is 11.4 Å². The quantitative estimate of drug-likeness (QED) is 0.640. The second kappa shape index (κ2) is 8.86. The van der Waals surface area contributed by atoms with Gasteiger partial charge in [0.15, 0.2) is 5.76 Å². The molecule has 4 nitrogen and oxygen atoms in total. The van der Waals surface area contributed by atoms with Gasteiger partial charge in [-0.2, -0.15) is 0 Å². The van der Waals surface area contributed by atoms with Crippen LogP contribution in [0, 0.1) is 0 Å². The van der Waals surface area contributed by atoms with E-state index in [0.29, 0.717) is 12.2 Å². The monoisotopic (exact) mass is 342 g/mol. The van der Waals surface area contributed by atoms with Crippen molar-refractivity contribution in [3.63, 3.8) is 0 Å². The normalized spacial score (nSPS) is 15.7. The average molecular weight is 342 g/mol. The molecule has 2 N–H and O–H groups in total. The van der Waals surface area contributed by atoms with Gasteiger partial charge in [-0.05, 0) is 56.9 Å². The van der Waals surface area contributed by atoms with Crippen LogP contribution in [0.25, 0.3) is 11.3 Å². The fraction of sp³-hybridized carbons (Fsp3) is 0.476. The van der Waals surface area contributed by atoms with Crippen LogP contribution in [0.4, 0.5) is 0 Å². The van der Waals surface area contributed by atoms with Gasteiger partial charge in [0.25, 0.3) is 0 Å². The van der Waals surface area contributed by atoms with E-state index in [0.717, 1.165) is 29.7 Å². The van der Waals surface area contributed by atoms with Crippen LogP contribution in [0.5, 0.6) is 0 Å². The molecule has 1 saturated carbocycles. The van der Waals surface area contributed by atoms with Crippen LogP contribution in [0.3, 0.4) is 0 Å². The summed E-state index contributed by atoms with van der Waals surface area (Å²) in [5.74, 6) is 1.57. The van der Waals surface area contributed by atoms with Gasteiger partial charge in [0, 0.05) is 5.56 Å². The molecule has 0 saturated heterocycles. The van der Waals surface area contributed by atoms with Gasteiger partial charge in [0.2, 0.25) is 0 Å². The number of esters is 1. The van der Waals surface area contributed by atoms with Crippen LogP contribution in [0.2, 0.25) is 0 Å². The first-order chi connectivity index (χ1) is 12.3. The van der Waals surface area contributed by atoms with Gasteiger partial charge in [0.1, 0.15) is 12.3 Å². The number of furan rings is 1. The highest BCUT2D eigenvalue weighted by Crippen LogP contribution is 2.23. The Labute approximate surface area is 149 Å². The number of rotatable bonds is 6. The van der Waals surface area contributed by atoms with Crippen molar-refractivity contribution in [2.45, 2.75) is 58.0 Å². The smallest absolute Gasteiger partial charge is 0.338 e. The second-order valence-electron chi connectivity index (χ2n) is 6.76. The molecule has 3 rings (SSSR count). The summed E-state index contributed by atoms with van der Waals surface area (Å²) < 4.78 is 11.0. The van der Waals surface area contributed by atoms with Crippen molar-refractivity contribution in [2.24, 2.45) is 0 Å². The molecule has 1 aromatic heterocycles. The largest absolute Gasteiger partial charge is 0.462 e. The lowest BCUT2D eigenvalue weighted by Crippen LogP contribution is -2.88. The zero-order chi connectivity index (χ0) is 17.5. The molecule has 0 bridgehead atoms. The molecular weight excluding hydrogens is 314 g/mol. The maximum absolute atomic E-state index is 11.7. The minimum atomic E-state index is -0.285. The Bertz CT molecular complexity index is 667. The molecule has 25 heavy (non-hydrogen) atoms. The Hall–Kier alpha value is -2.07. The molecule has 2 aromatic rings. The van der Waals surface area contributed by atoms with E-state index in [1.54, 1.807) is 12.1 Å². The molecule has 0 amide bonds. The number of quaternary nitrogens is 1. The lowest BCUT2D eigenvalue weighted by Gasteiger charge is -2.11. The highest BCUT2D eigenvalue weighted by Gasteiger charge is 2.16. The third-order valence-corrected chi connectivity index (χ3v) is 4.89. The molecule has 1 fully saturated rings. The maximum atomic E-state index is 11.7. The number of hydrogen-bond acceptors (Lipinski definition) is 3. The number of benzene rings is 1. The van der Waals surface area contributed by atoms with Gasteiger partial charge >= 0.3 is 5.97 Å². The number of carbonyl (C=O) groups excluding carboxylic acids is 1. The highest BCUT2D eigenvalue weighted by atomic mass is 16.5. The van der Waals surface area contributed by atoms with Crippen LogP contribution < -0.4 is 5.32 Å². The summed E-state index contributed by atoms with van der Waals surface area (Å²) in [4.78, 5) is 11.7. The lowest BCUT2D eigenvalue weighted by molar-refractivity contribution is -0.707. The van der Waals surface area contributed by atoms with E-state index >= 15 is 0 Å². The molecule has 134 valence electrons. The highest BCUT2D eigenvalue weighted by molar-refractivity contribution is 5.89. The number of hydrogen-bond donors (Lipinski definition) is 1. The average Bonchev–Trinajstić information content (AvgIpc) is 2.96. The Morgan fingerprint density at radius 2 is 1.80 bits per heavy atom. The van der Waals surface area contributed by atoms with Crippen LogP contribution in [0.15, 0.2) is 40.8 Å². The van der Waals surface area contributed by atoms with Crippen molar-refractivity contribution >= 4 is 5.97 Å². The molecule has 0 spiro atoms. The summed E-state index contributed by atoms with van der Waals surface area (Å²) in [7, 11) is 0. The summed E-state index contributed by atoms with van der Waals surface area (Å²) >= 11 is 0. The minimum Gasteiger partial charge on any atom is -0.462 e. The molecule has 1 heterocycles. The zero-order valence-corrected chi connectivity index (χ0v) is 15.0. The van der Waals surface area contributed by atoms with Gasteiger partial charge < -0.3 is 14.5 Å². The van der Waals surface area contributed by atoms with E-state index in [-0.39, 0.29) is 5.97 Å². The fourth-order valence-corrected chi connectivity index (χ4v) is 3.46. The van der Waals surface area contributed by atoms with Crippen LogP contribution in [0.1, 0.15) is 61.6 Å². The fourth-order valence-electron chi connectivity index (χ4n) is 3.46. The molecule has 0 aliphatic heterocycles. The first-order valence-electron chi connectivity index (χ1n) is 9.46. The first kappa shape index (κ1) is 17.7. The van der Waals surface area contributed by atoms with E-state index in [9.17, 15) is 4.79 Å². The van der Waals surface area contributed by atoms with Crippen molar-refractivity contribution in [3.05, 3.63) is 47.7 Å². The van der Waals surface area contributed by atoms with Crippen molar-refractivity contribution in [3.8, 4) is 11.3 Å². The van der Waals surface area contributed by atoms with Gasteiger partial charge in [0.05, 0.1) is 18.2 Å². The Balaban J connectivity index is 1.58. The molecular formula is C21H28NO3+. The second-order valence-corrected chi connectivity index (χ2v) is 6.76. The number of carbonyl (C=O) groups is 1. The molecule has 1 aromatic carbocycles. The Kier molecular flexibility index (Phi) is 6.29. The van der Waals surface area contributed by atoms with Crippen molar-refractivity contribution < 1.29 is 19.3 Å². The summed E-state index contributed by atoms with van der Waals surface area (Å²) in [5.41, 5.74) is 1.55. The SMILES string of the molecule is CCOC(=O)c1ccc(-c2ccc(C[NH2+]C3CCCCCC3)o2)cc1. The predicted octanol–water partition coefficient (Wildman–Crippen LogP) is 3.91. The third kappa shape index (κ3) is 4.95. The van der Waals surface area contributed by atoms with Crippen molar-refractivity contribution in [1.82, 2.24) is 0 Å². The lowest BCUT2D eigenvalue weighted by atomic mass is 10.1. The summed E-state index contributed by atoms with van der Waals surface area (Å²) in [5, 5.41) is 2.43. The molecule has 1 aliphatic carbocycles. The van der Waals surface area contributed by atoms with E-state index in [1.807, 2.05) is 25.1 Å². The van der Waals surface area contributed by atoms with Gasteiger partial charge in [-0.15, -0.1) is 0 Å². The molecule has 1 aliphatic rings. The van der Waals surface area contributed by atoms with Crippen LogP contribution in [-0.4, -0.2) is 18.6 Å². The van der Waals surface area contributed by atoms with E-state index < -0.39 is 0 Å². The zero-order valence-electron chi connectivity index (χ0n) is 15.0. The van der Waals surface area contributed by atoms with E-state index in [4.69, 9.17) is 9.15 Å². The van der Waals surface area contributed by atoms with Crippen molar-refractivity contribution in [2.75, 3.05) is 6.61 Å². The first-order valence-corrected chi connectivity index (χ1v) is 9.46. The van der Waals surface area contributed by atoms with Crippen LogP contribution in [-0.2, 0) is 11.3 Å². The van der Waals surface area contributed by atoms with Gasteiger partial charge in [-0.25, -0.2) is 4.79 Å². The molecule has 0 atom stereocenters. The summed E-state index contributed by atoms with van der Waals surface area (Å²) in [6.07, 6.45) is 8.13. The minimum absolute atomic E-state index is 0.285. The Morgan fingerprint density at radius 1 is 1.08 bits per heavy atom. The van der Waals surface area contributed by atoms with Gasteiger partial charge in [-0.3, -0.25) is 0 Å². The van der Waals surface area contributed by atoms with Crippen molar-refractivity contribution in [1.29, 1.82) is 0 Å². The molecule has 4 heteroatoms. The molecule has 0 unspecified atom stereocenters. The van der Waals surface area contributed by atoms with Gasteiger partial charge in [-0.1, -0.05) is 25.0 Å². The molecule has 0 radical (unpaired) electrons.